The van der Waals surface area contributed by atoms with Crippen molar-refractivity contribution in [3.8, 4) is 11.5 Å². The first-order valence-electron chi connectivity index (χ1n) is 8.03. The van der Waals surface area contributed by atoms with E-state index in [1.165, 1.54) is 42.1 Å². The van der Waals surface area contributed by atoms with E-state index in [0.29, 0.717) is 30.5 Å². The highest BCUT2D eigenvalue weighted by atomic mass is 32.2. The Hall–Kier alpha value is -2.30. The molecule has 2 N–H and O–H groups in total. The number of rotatable bonds is 7. The van der Waals surface area contributed by atoms with Crippen LogP contribution in [0.15, 0.2) is 52.3 Å². The number of thioether (sulfide) groups is 1. The van der Waals surface area contributed by atoms with Crippen LogP contribution in [0.5, 0.6) is 11.5 Å². The second-order valence-electron chi connectivity index (χ2n) is 5.51. The van der Waals surface area contributed by atoms with Gasteiger partial charge in [0.2, 0.25) is 5.91 Å². The summed E-state index contributed by atoms with van der Waals surface area (Å²) in [4.78, 5) is 14.7. The second-order valence-corrected chi connectivity index (χ2v) is 8.36. The number of hydrazine groups is 1. The van der Waals surface area contributed by atoms with E-state index in [0.717, 1.165) is 4.90 Å². The molecular weight excluding hydrogens is 395 g/mol. The van der Waals surface area contributed by atoms with Crippen LogP contribution >= 0.6 is 11.8 Å². The number of nitrogens with one attached hydrogen (secondary N) is 2. The van der Waals surface area contributed by atoms with Crippen LogP contribution in [0.2, 0.25) is 0 Å². The van der Waals surface area contributed by atoms with Gasteiger partial charge in [0, 0.05) is 23.1 Å². The molecule has 0 bridgehead atoms. The Bertz CT molecular complexity index is 919. The van der Waals surface area contributed by atoms with Crippen molar-refractivity contribution in [2.45, 2.75) is 16.2 Å². The van der Waals surface area contributed by atoms with Crippen LogP contribution in [0.25, 0.3) is 0 Å². The minimum Gasteiger partial charge on any atom is -0.486 e. The van der Waals surface area contributed by atoms with Crippen LogP contribution in [-0.2, 0) is 14.8 Å². The summed E-state index contributed by atoms with van der Waals surface area (Å²) in [6, 6.07) is 10.1. The van der Waals surface area contributed by atoms with E-state index < -0.39 is 15.9 Å². The molecule has 1 aliphatic heterocycles. The zero-order chi connectivity index (χ0) is 19.3. The molecule has 0 aliphatic carbocycles. The highest BCUT2D eigenvalue weighted by molar-refractivity contribution is 7.99. The molecule has 3 rings (SSSR count). The fraction of sp³-hybridized carbons (Fsp3) is 0.235. The molecule has 0 atom stereocenters. The van der Waals surface area contributed by atoms with Gasteiger partial charge in [-0.2, -0.15) is 0 Å². The van der Waals surface area contributed by atoms with E-state index in [4.69, 9.17) is 9.47 Å². The van der Waals surface area contributed by atoms with Gasteiger partial charge in [-0.15, -0.1) is 16.6 Å². The van der Waals surface area contributed by atoms with Gasteiger partial charge in [0.15, 0.2) is 11.5 Å². The smallest absolute Gasteiger partial charge is 0.257 e. The lowest BCUT2D eigenvalue weighted by Crippen LogP contribution is -2.41. The summed E-state index contributed by atoms with van der Waals surface area (Å²) < 4.78 is 48.1. The molecule has 1 heterocycles. The fourth-order valence-corrected chi connectivity index (χ4v) is 3.96. The standard InChI is InChI=1S/C17H17FN2O5S2/c18-12-1-3-13(4-2-12)26-10-7-17(21)19-20-27(22,23)14-5-6-15-16(11-14)25-9-8-24-15/h1-6,11,20H,7-10H2,(H,19,21). The van der Waals surface area contributed by atoms with Crippen molar-refractivity contribution in [1.29, 1.82) is 0 Å². The average molecular weight is 412 g/mol. The van der Waals surface area contributed by atoms with Crippen molar-refractivity contribution >= 4 is 27.7 Å². The van der Waals surface area contributed by atoms with E-state index in [9.17, 15) is 17.6 Å². The molecule has 7 nitrogen and oxygen atoms in total. The lowest BCUT2D eigenvalue weighted by atomic mass is 10.3. The predicted octanol–water partition coefficient (Wildman–Crippen LogP) is 2.09. The molecule has 27 heavy (non-hydrogen) atoms. The summed E-state index contributed by atoms with van der Waals surface area (Å²) in [5.74, 6) is 0.424. The van der Waals surface area contributed by atoms with Gasteiger partial charge in [-0.3, -0.25) is 10.2 Å². The van der Waals surface area contributed by atoms with Crippen molar-refractivity contribution in [3.63, 3.8) is 0 Å². The molecule has 0 fully saturated rings. The lowest BCUT2D eigenvalue weighted by Gasteiger charge is -2.19. The van der Waals surface area contributed by atoms with Gasteiger partial charge in [0.1, 0.15) is 19.0 Å². The third-order valence-electron chi connectivity index (χ3n) is 3.56. The number of fused-ring (bicyclic) bond motifs is 1. The van der Waals surface area contributed by atoms with Gasteiger partial charge >= 0.3 is 0 Å². The minimum atomic E-state index is -3.94. The van der Waals surface area contributed by atoms with E-state index in [2.05, 4.69) is 10.3 Å². The number of sulfonamides is 1. The van der Waals surface area contributed by atoms with Crippen molar-refractivity contribution in [3.05, 3.63) is 48.3 Å². The number of hydrogen-bond donors (Lipinski definition) is 2. The van der Waals surface area contributed by atoms with Gasteiger partial charge in [-0.25, -0.2) is 12.8 Å². The maximum absolute atomic E-state index is 12.8. The second kappa shape index (κ2) is 8.59. The Kier molecular flexibility index (Phi) is 6.19. The number of amides is 1. The van der Waals surface area contributed by atoms with Crippen molar-refractivity contribution in [2.75, 3.05) is 19.0 Å². The number of carbonyl (C=O) groups excluding carboxylic acids is 1. The molecule has 0 spiro atoms. The molecule has 10 heteroatoms. The van der Waals surface area contributed by atoms with Crippen LogP contribution < -0.4 is 19.7 Å². The summed E-state index contributed by atoms with van der Waals surface area (Å²) in [5, 5.41) is 0. The number of benzene rings is 2. The van der Waals surface area contributed by atoms with Gasteiger partial charge < -0.3 is 9.47 Å². The molecule has 1 aliphatic rings. The number of carbonyl (C=O) groups is 1. The Labute approximate surface area is 160 Å². The molecule has 144 valence electrons. The van der Waals surface area contributed by atoms with Crippen LogP contribution in [-0.4, -0.2) is 33.3 Å². The first kappa shape index (κ1) is 19.5. The molecule has 0 saturated carbocycles. The first-order valence-corrected chi connectivity index (χ1v) is 10.5. The zero-order valence-corrected chi connectivity index (χ0v) is 15.7. The number of halogens is 1. The normalized spacial score (nSPS) is 13.2. The molecule has 2 aromatic rings. The summed E-state index contributed by atoms with van der Waals surface area (Å²) in [6.07, 6.45) is 0.0890. The van der Waals surface area contributed by atoms with Crippen molar-refractivity contribution in [1.82, 2.24) is 10.3 Å². The van der Waals surface area contributed by atoms with E-state index in [1.807, 2.05) is 0 Å². The van der Waals surface area contributed by atoms with E-state index >= 15 is 0 Å². The minimum absolute atomic E-state index is 0.0484. The Morgan fingerprint density at radius 2 is 1.78 bits per heavy atom. The summed E-state index contributed by atoms with van der Waals surface area (Å²) in [6.45, 7) is 0.746. The van der Waals surface area contributed by atoms with Crippen LogP contribution in [0.1, 0.15) is 6.42 Å². The molecule has 2 aromatic carbocycles. The SMILES string of the molecule is O=C(CCSc1ccc(F)cc1)NNS(=O)(=O)c1ccc2c(c1)OCCO2. The number of ether oxygens (including phenoxy) is 2. The van der Waals surface area contributed by atoms with Gasteiger partial charge in [-0.05, 0) is 36.4 Å². The summed E-state index contributed by atoms with van der Waals surface area (Å²) in [7, 11) is -3.94. The lowest BCUT2D eigenvalue weighted by molar-refractivity contribution is -0.121. The Morgan fingerprint density at radius 1 is 1.07 bits per heavy atom. The van der Waals surface area contributed by atoms with E-state index in [1.54, 1.807) is 12.1 Å². The quantitative estimate of drug-likeness (QED) is 0.534. The molecule has 0 unspecified atom stereocenters. The molecule has 1 amide bonds. The third-order valence-corrected chi connectivity index (χ3v) is 5.82. The topological polar surface area (TPSA) is 93.7 Å². The molecule has 0 saturated heterocycles. The third kappa shape index (κ3) is 5.34. The van der Waals surface area contributed by atoms with Gasteiger partial charge in [0.25, 0.3) is 10.0 Å². The van der Waals surface area contributed by atoms with Gasteiger partial charge in [-0.1, -0.05) is 0 Å². The maximum Gasteiger partial charge on any atom is 0.257 e. The fourth-order valence-electron chi connectivity index (χ4n) is 2.23. The largest absolute Gasteiger partial charge is 0.486 e. The summed E-state index contributed by atoms with van der Waals surface area (Å²) in [5.41, 5.74) is 2.17. The predicted molar refractivity (Wildman–Crippen MR) is 97.6 cm³/mol. The maximum atomic E-state index is 12.8. The molecular formula is C17H17FN2O5S2. The number of hydrogen-bond acceptors (Lipinski definition) is 6. The van der Waals surface area contributed by atoms with Crippen LogP contribution in [0.4, 0.5) is 4.39 Å². The van der Waals surface area contributed by atoms with Crippen LogP contribution in [0, 0.1) is 5.82 Å². The van der Waals surface area contributed by atoms with Gasteiger partial charge in [0.05, 0.1) is 4.90 Å². The highest BCUT2D eigenvalue weighted by Gasteiger charge is 2.19. The monoisotopic (exact) mass is 412 g/mol. The Morgan fingerprint density at radius 3 is 2.52 bits per heavy atom. The molecule has 0 radical (unpaired) electrons. The zero-order valence-electron chi connectivity index (χ0n) is 14.1. The average Bonchev–Trinajstić information content (AvgIpc) is 2.67. The Balaban J connectivity index is 1.49. The molecule has 0 aromatic heterocycles. The first-order chi connectivity index (χ1) is 12.9. The summed E-state index contributed by atoms with van der Waals surface area (Å²) >= 11 is 1.37. The van der Waals surface area contributed by atoms with Crippen LogP contribution in [0.3, 0.4) is 0 Å². The highest BCUT2D eigenvalue weighted by Crippen LogP contribution is 2.32. The van der Waals surface area contributed by atoms with E-state index in [-0.39, 0.29) is 17.1 Å². The van der Waals surface area contributed by atoms with Crippen molar-refractivity contribution in [2.24, 2.45) is 0 Å². The van der Waals surface area contributed by atoms with Crippen molar-refractivity contribution < 1.29 is 27.1 Å².